The lowest BCUT2D eigenvalue weighted by molar-refractivity contribution is -0.0657. The summed E-state index contributed by atoms with van der Waals surface area (Å²) in [7, 11) is 0. The van der Waals surface area contributed by atoms with Crippen LogP contribution in [0.3, 0.4) is 0 Å². The number of rotatable bonds is 32. The van der Waals surface area contributed by atoms with Gasteiger partial charge >= 0.3 is 0 Å². The van der Waals surface area contributed by atoms with Gasteiger partial charge in [-0.3, -0.25) is 0 Å². The minimum Gasteiger partial charge on any atom is -0.484 e. The van der Waals surface area contributed by atoms with E-state index in [0.29, 0.717) is 10.1 Å². The average molecular weight is 673 g/mol. The lowest BCUT2D eigenvalue weighted by atomic mass is 10.0. The van der Waals surface area contributed by atoms with E-state index in [0.717, 1.165) is 38.5 Å². The molecule has 0 aromatic carbocycles. The maximum atomic E-state index is 10.7. The second-order valence-electron chi connectivity index (χ2n) is 13.6. The molecule has 0 saturated carbocycles. The summed E-state index contributed by atoms with van der Waals surface area (Å²) in [6.07, 6.45) is 32.4. The smallest absolute Gasteiger partial charge is 0.160 e. The van der Waals surface area contributed by atoms with Gasteiger partial charge in [-0.15, -0.1) is 0 Å². The fraction of sp³-hybridized carbons (Fsp3) is 0.947. The summed E-state index contributed by atoms with van der Waals surface area (Å²) < 4.78 is 17.2. The minimum atomic E-state index is -0.965. The second-order valence-corrected chi connectivity index (χ2v) is 14.5. The SMILES string of the molecule is CCCCCCCCCCCCCCCC(=S)OC[C@H](O)[C@@H]1OC[C@@H](OC(=S)CCCCCCCCCCCCCCC)[C@@H]1O. The summed E-state index contributed by atoms with van der Waals surface area (Å²) in [5, 5.41) is 22.3. The molecule has 0 aromatic rings. The zero-order valence-corrected chi connectivity index (χ0v) is 31.1. The molecule has 4 atom stereocenters. The van der Waals surface area contributed by atoms with Crippen LogP contribution in [-0.2, 0) is 14.2 Å². The molecule has 1 aliphatic rings. The molecule has 0 aromatic heterocycles. The third-order valence-electron chi connectivity index (χ3n) is 9.22. The number of hydrogen-bond acceptors (Lipinski definition) is 7. The molecule has 45 heavy (non-hydrogen) atoms. The predicted molar refractivity (Wildman–Crippen MR) is 198 cm³/mol. The van der Waals surface area contributed by atoms with Gasteiger partial charge in [-0.1, -0.05) is 168 Å². The molecule has 0 amide bonds. The van der Waals surface area contributed by atoms with Gasteiger partial charge in [-0.2, -0.15) is 0 Å². The highest BCUT2D eigenvalue weighted by Gasteiger charge is 2.42. The van der Waals surface area contributed by atoms with E-state index in [9.17, 15) is 10.2 Å². The molecule has 0 unspecified atom stereocenters. The van der Waals surface area contributed by atoms with Crippen molar-refractivity contribution in [1.29, 1.82) is 0 Å². The van der Waals surface area contributed by atoms with Crippen LogP contribution < -0.4 is 0 Å². The molecule has 0 radical (unpaired) electrons. The van der Waals surface area contributed by atoms with Crippen molar-refractivity contribution in [2.75, 3.05) is 13.2 Å². The Balaban J connectivity index is 1.98. The number of aliphatic hydroxyl groups is 2. The van der Waals surface area contributed by atoms with Crippen molar-refractivity contribution in [2.24, 2.45) is 0 Å². The molecule has 0 bridgehead atoms. The molecule has 0 spiro atoms. The Morgan fingerprint density at radius 3 is 1.36 bits per heavy atom. The molecule has 1 fully saturated rings. The van der Waals surface area contributed by atoms with Crippen molar-refractivity contribution in [3.05, 3.63) is 0 Å². The van der Waals surface area contributed by atoms with E-state index in [1.54, 1.807) is 0 Å². The molecule has 1 aliphatic heterocycles. The first-order valence-electron chi connectivity index (χ1n) is 19.3. The summed E-state index contributed by atoms with van der Waals surface area (Å²) in [6.45, 7) is 4.78. The van der Waals surface area contributed by atoms with Crippen molar-refractivity contribution in [3.8, 4) is 0 Å². The quantitative estimate of drug-likeness (QED) is 0.0544. The lowest BCUT2D eigenvalue weighted by Gasteiger charge is -2.23. The van der Waals surface area contributed by atoms with Crippen LogP contribution in [0.4, 0.5) is 0 Å². The normalized spacial score (nSPS) is 18.7. The van der Waals surface area contributed by atoms with Crippen molar-refractivity contribution < 1.29 is 24.4 Å². The van der Waals surface area contributed by atoms with Crippen LogP contribution in [0.25, 0.3) is 0 Å². The van der Waals surface area contributed by atoms with Crippen molar-refractivity contribution in [3.63, 3.8) is 0 Å². The van der Waals surface area contributed by atoms with Crippen LogP contribution in [0.1, 0.15) is 194 Å². The van der Waals surface area contributed by atoms with Gasteiger partial charge < -0.3 is 24.4 Å². The third-order valence-corrected chi connectivity index (χ3v) is 9.84. The van der Waals surface area contributed by atoms with Crippen molar-refractivity contribution >= 4 is 34.5 Å². The number of thiocarbonyl (C=S) groups is 2. The van der Waals surface area contributed by atoms with E-state index >= 15 is 0 Å². The van der Waals surface area contributed by atoms with Gasteiger partial charge in [0.1, 0.15) is 24.9 Å². The Morgan fingerprint density at radius 2 is 0.956 bits per heavy atom. The highest BCUT2D eigenvalue weighted by atomic mass is 32.1. The average Bonchev–Trinajstić information content (AvgIpc) is 3.39. The van der Waals surface area contributed by atoms with Gasteiger partial charge in [-0.25, -0.2) is 0 Å². The Labute approximate surface area is 289 Å². The van der Waals surface area contributed by atoms with Gasteiger partial charge in [0.2, 0.25) is 0 Å². The minimum absolute atomic E-state index is 0.0229. The Bertz CT molecular complexity index is 691. The zero-order valence-electron chi connectivity index (χ0n) is 29.5. The Morgan fingerprint density at radius 1 is 0.600 bits per heavy atom. The number of hydrogen-bond donors (Lipinski definition) is 2. The van der Waals surface area contributed by atoms with Gasteiger partial charge in [0.05, 0.1) is 6.61 Å². The van der Waals surface area contributed by atoms with E-state index in [1.807, 2.05) is 0 Å². The van der Waals surface area contributed by atoms with Gasteiger partial charge in [0.25, 0.3) is 0 Å². The van der Waals surface area contributed by atoms with E-state index < -0.39 is 24.4 Å². The fourth-order valence-electron chi connectivity index (χ4n) is 6.20. The topological polar surface area (TPSA) is 68.2 Å². The lowest BCUT2D eigenvalue weighted by Crippen LogP contribution is -2.42. The van der Waals surface area contributed by atoms with Crippen LogP contribution in [0.15, 0.2) is 0 Å². The Hall–Kier alpha value is -0.340. The number of unbranched alkanes of at least 4 members (excludes halogenated alkanes) is 24. The van der Waals surface area contributed by atoms with E-state index in [4.69, 9.17) is 38.6 Å². The largest absolute Gasteiger partial charge is 0.484 e. The van der Waals surface area contributed by atoms with Crippen molar-refractivity contribution in [2.45, 2.75) is 218 Å². The molecule has 1 heterocycles. The van der Waals surface area contributed by atoms with Crippen LogP contribution in [0, 0.1) is 0 Å². The van der Waals surface area contributed by atoms with E-state index in [-0.39, 0.29) is 13.2 Å². The predicted octanol–water partition coefficient (Wildman–Crippen LogP) is 11.1. The highest BCUT2D eigenvalue weighted by molar-refractivity contribution is 7.80. The molecular weight excluding hydrogens is 601 g/mol. The highest BCUT2D eigenvalue weighted by Crippen LogP contribution is 2.22. The molecule has 266 valence electrons. The van der Waals surface area contributed by atoms with Crippen molar-refractivity contribution in [1.82, 2.24) is 0 Å². The first kappa shape index (κ1) is 42.7. The maximum Gasteiger partial charge on any atom is 0.160 e. The molecule has 2 N–H and O–H groups in total. The van der Waals surface area contributed by atoms with E-state index in [2.05, 4.69) is 13.8 Å². The monoisotopic (exact) mass is 672 g/mol. The van der Waals surface area contributed by atoms with Gasteiger partial charge in [-0.05, 0) is 37.3 Å². The summed E-state index contributed by atoms with van der Waals surface area (Å²) in [4.78, 5) is 0. The van der Waals surface area contributed by atoms with Crippen LogP contribution in [0.2, 0.25) is 0 Å². The number of aliphatic hydroxyl groups excluding tert-OH is 2. The Kier molecular flexibility index (Phi) is 29.4. The molecule has 7 heteroatoms. The molecular formula is C38H72O5S2. The number of ether oxygens (including phenoxy) is 3. The standard InChI is InChI=1S/C38H72O5S2/c1-3-5-7-9-11-13-15-17-19-21-23-25-27-29-35(44)41-31-33(39)38-37(40)34(32-42-38)43-36(45)30-28-26-24-22-20-18-16-14-12-10-8-6-4-2/h33-34,37-40H,3-32H2,1-2H3/t33-,34+,37-,38-/m0/s1. The fourth-order valence-corrected chi connectivity index (χ4v) is 6.68. The van der Waals surface area contributed by atoms with Crippen LogP contribution in [-0.4, -0.2) is 57.9 Å². The summed E-state index contributed by atoms with van der Waals surface area (Å²) in [5.74, 6) is 0. The van der Waals surface area contributed by atoms with E-state index in [1.165, 1.54) is 141 Å². The van der Waals surface area contributed by atoms with Crippen LogP contribution >= 0.6 is 24.4 Å². The van der Waals surface area contributed by atoms with Gasteiger partial charge in [0.15, 0.2) is 16.2 Å². The second kappa shape index (κ2) is 31.0. The summed E-state index contributed by atoms with van der Waals surface area (Å²) in [6, 6.07) is 0. The van der Waals surface area contributed by atoms with Gasteiger partial charge in [0, 0.05) is 12.8 Å². The summed E-state index contributed by atoms with van der Waals surface area (Å²) >= 11 is 10.8. The summed E-state index contributed by atoms with van der Waals surface area (Å²) in [5.41, 5.74) is 0. The molecule has 1 rings (SSSR count). The zero-order chi connectivity index (χ0) is 32.8. The molecule has 1 saturated heterocycles. The van der Waals surface area contributed by atoms with Crippen LogP contribution in [0.5, 0.6) is 0 Å². The molecule has 5 nitrogen and oxygen atoms in total. The first-order chi connectivity index (χ1) is 22.0. The first-order valence-corrected chi connectivity index (χ1v) is 20.1. The third kappa shape index (κ3) is 24.5. The molecule has 0 aliphatic carbocycles. The maximum absolute atomic E-state index is 10.7.